The molecule has 1 N–H and O–H groups in total. The minimum Gasteiger partial charge on any atom is -0.387 e. The van der Waals surface area contributed by atoms with Gasteiger partial charge in [-0.05, 0) is 25.1 Å². The van der Waals surface area contributed by atoms with Gasteiger partial charge in [0.05, 0.1) is 11.4 Å². The summed E-state index contributed by atoms with van der Waals surface area (Å²) in [5, 5.41) is 8.91. The Bertz CT molecular complexity index is 487. The summed E-state index contributed by atoms with van der Waals surface area (Å²) in [5.41, 5.74) is 0.0830. The second-order valence-corrected chi connectivity index (χ2v) is 6.46. The van der Waals surface area contributed by atoms with Crippen molar-refractivity contribution in [1.82, 2.24) is 0 Å². The maximum atomic E-state index is 12.9. The van der Waals surface area contributed by atoms with E-state index in [0.717, 1.165) is 18.4 Å². The normalized spacial score (nSPS) is 15.8. The molecule has 1 aromatic carbocycles. The number of halogens is 2. The number of aliphatic hydroxyl groups is 1. The van der Waals surface area contributed by atoms with Crippen LogP contribution in [0.4, 0.5) is 4.39 Å². The van der Waals surface area contributed by atoms with E-state index >= 15 is 0 Å². The van der Waals surface area contributed by atoms with Crippen molar-refractivity contribution in [2.24, 2.45) is 0 Å². The van der Waals surface area contributed by atoms with Crippen molar-refractivity contribution in [2.45, 2.75) is 18.3 Å². The van der Waals surface area contributed by atoms with Gasteiger partial charge in [-0.1, -0.05) is 11.6 Å². The molecule has 1 aromatic rings. The van der Waals surface area contributed by atoms with E-state index in [1.807, 2.05) is 0 Å². The van der Waals surface area contributed by atoms with Crippen LogP contribution in [0, 0.1) is 5.82 Å². The fourth-order valence-electron chi connectivity index (χ4n) is 1.23. The van der Waals surface area contributed by atoms with E-state index < -0.39 is 27.0 Å². The van der Waals surface area contributed by atoms with Gasteiger partial charge in [-0.25, -0.2) is 12.8 Å². The Labute approximate surface area is 98.8 Å². The molecule has 0 aromatic heterocycles. The molecule has 0 aliphatic rings. The number of benzene rings is 1. The first-order valence-corrected chi connectivity index (χ1v) is 6.88. The highest BCUT2D eigenvalue weighted by Crippen LogP contribution is 2.28. The van der Waals surface area contributed by atoms with Crippen LogP contribution in [-0.4, -0.2) is 25.0 Å². The summed E-state index contributed by atoms with van der Waals surface area (Å²) in [4.78, 5) is 0. The first-order valence-electron chi connectivity index (χ1n) is 4.55. The molecule has 1 rings (SSSR count). The average Bonchev–Trinajstić information content (AvgIpc) is 2.18. The molecule has 0 radical (unpaired) electrons. The molecule has 2 unspecified atom stereocenters. The molecule has 0 spiro atoms. The summed E-state index contributed by atoms with van der Waals surface area (Å²) < 4.78 is 35.4. The second kappa shape index (κ2) is 4.69. The third-order valence-corrected chi connectivity index (χ3v) is 4.35. The van der Waals surface area contributed by atoms with Gasteiger partial charge in [-0.2, -0.15) is 0 Å². The molecular formula is C10H12ClFO3S. The maximum absolute atomic E-state index is 12.9. The first kappa shape index (κ1) is 13.4. The molecule has 0 amide bonds. The van der Waals surface area contributed by atoms with Gasteiger partial charge in [0.2, 0.25) is 0 Å². The van der Waals surface area contributed by atoms with Crippen LogP contribution in [0.15, 0.2) is 18.2 Å². The van der Waals surface area contributed by atoms with E-state index in [4.69, 9.17) is 11.6 Å². The molecule has 0 saturated heterocycles. The van der Waals surface area contributed by atoms with E-state index in [-0.39, 0.29) is 10.6 Å². The number of rotatable bonds is 3. The molecule has 16 heavy (non-hydrogen) atoms. The summed E-state index contributed by atoms with van der Waals surface area (Å²) in [6.07, 6.45) is -0.327. The van der Waals surface area contributed by atoms with Crippen LogP contribution < -0.4 is 0 Å². The van der Waals surface area contributed by atoms with E-state index in [2.05, 4.69) is 0 Å². The van der Waals surface area contributed by atoms with Gasteiger partial charge in [-0.15, -0.1) is 0 Å². The lowest BCUT2D eigenvalue weighted by Gasteiger charge is -2.18. The van der Waals surface area contributed by atoms with Gasteiger partial charge < -0.3 is 5.11 Å². The molecule has 0 aliphatic carbocycles. The fourth-order valence-corrected chi connectivity index (χ4v) is 2.07. The van der Waals surface area contributed by atoms with Gasteiger partial charge in [0.1, 0.15) is 5.82 Å². The quantitative estimate of drug-likeness (QED) is 0.910. The molecule has 0 fully saturated rings. The van der Waals surface area contributed by atoms with E-state index in [9.17, 15) is 17.9 Å². The van der Waals surface area contributed by atoms with Gasteiger partial charge in [0.25, 0.3) is 0 Å². The summed E-state index contributed by atoms with van der Waals surface area (Å²) in [6.45, 7) is 1.35. The van der Waals surface area contributed by atoms with Gasteiger partial charge in [0, 0.05) is 16.8 Å². The van der Waals surface area contributed by atoms with E-state index in [1.54, 1.807) is 0 Å². The van der Waals surface area contributed by atoms with Crippen LogP contribution >= 0.6 is 11.6 Å². The molecule has 0 saturated carbocycles. The lowest BCUT2D eigenvalue weighted by atomic mass is 10.1. The third kappa shape index (κ3) is 2.93. The Morgan fingerprint density at radius 1 is 1.44 bits per heavy atom. The summed E-state index contributed by atoms with van der Waals surface area (Å²) >= 11 is 5.76. The van der Waals surface area contributed by atoms with Crippen LogP contribution in [0.1, 0.15) is 18.6 Å². The minimum atomic E-state index is -3.41. The standard InChI is InChI=1S/C10H12ClFO3S/c1-6(16(2,14)15)10(13)8-5-7(12)3-4-9(8)11/h3-6,10,13H,1-2H3. The van der Waals surface area contributed by atoms with Crippen LogP contribution in [0.5, 0.6) is 0 Å². The van der Waals surface area contributed by atoms with Gasteiger partial charge in [0.15, 0.2) is 9.84 Å². The Morgan fingerprint density at radius 2 is 2.00 bits per heavy atom. The van der Waals surface area contributed by atoms with Crippen LogP contribution in [-0.2, 0) is 9.84 Å². The molecule has 2 atom stereocenters. The predicted molar refractivity (Wildman–Crippen MR) is 60.7 cm³/mol. The van der Waals surface area contributed by atoms with E-state index in [0.29, 0.717) is 0 Å². The van der Waals surface area contributed by atoms with Crippen LogP contribution in [0.25, 0.3) is 0 Å². The predicted octanol–water partition coefficient (Wildman–Crippen LogP) is 1.95. The summed E-state index contributed by atoms with van der Waals surface area (Å²) in [7, 11) is -3.41. The van der Waals surface area contributed by atoms with Crippen molar-refractivity contribution in [2.75, 3.05) is 6.26 Å². The van der Waals surface area contributed by atoms with Gasteiger partial charge in [-0.3, -0.25) is 0 Å². The maximum Gasteiger partial charge on any atom is 0.152 e. The monoisotopic (exact) mass is 266 g/mol. The van der Waals surface area contributed by atoms with E-state index in [1.165, 1.54) is 13.0 Å². The second-order valence-electron chi connectivity index (χ2n) is 3.65. The van der Waals surface area contributed by atoms with Crippen LogP contribution in [0.2, 0.25) is 5.02 Å². The molecule has 0 heterocycles. The zero-order valence-electron chi connectivity index (χ0n) is 8.81. The molecule has 6 heteroatoms. The average molecular weight is 267 g/mol. The highest BCUT2D eigenvalue weighted by molar-refractivity contribution is 7.91. The smallest absolute Gasteiger partial charge is 0.152 e. The van der Waals surface area contributed by atoms with Crippen molar-refractivity contribution in [1.29, 1.82) is 0 Å². The Morgan fingerprint density at radius 3 is 2.50 bits per heavy atom. The van der Waals surface area contributed by atoms with Crippen molar-refractivity contribution < 1.29 is 17.9 Å². The van der Waals surface area contributed by atoms with Crippen molar-refractivity contribution in [3.8, 4) is 0 Å². The number of hydrogen-bond donors (Lipinski definition) is 1. The minimum absolute atomic E-state index is 0.0830. The molecule has 0 bridgehead atoms. The highest BCUT2D eigenvalue weighted by Gasteiger charge is 2.27. The molecular weight excluding hydrogens is 255 g/mol. The molecule has 0 aliphatic heterocycles. The third-order valence-electron chi connectivity index (χ3n) is 2.40. The Hall–Kier alpha value is -0.650. The number of hydrogen-bond acceptors (Lipinski definition) is 3. The summed E-state index contributed by atoms with van der Waals surface area (Å²) in [5.74, 6) is -0.570. The first-order chi connectivity index (χ1) is 7.23. The zero-order chi connectivity index (χ0) is 12.5. The SMILES string of the molecule is CC(C(O)c1cc(F)ccc1Cl)S(C)(=O)=O. The lowest BCUT2D eigenvalue weighted by molar-refractivity contribution is 0.176. The zero-order valence-corrected chi connectivity index (χ0v) is 10.4. The molecule has 90 valence electrons. The summed E-state index contributed by atoms with van der Waals surface area (Å²) in [6, 6.07) is 3.46. The van der Waals surface area contributed by atoms with Crippen molar-refractivity contribution in [3.05, 3.63) is 34.6 Å². The van der Waals surface area contributed by atoms with Crippen molar-refractivity contribution >= 4 is 21.4 Å². The largest absolute Gasteiger partial charge is 0.387 e. The Balaban J connectivity index is 3.14. The number of sulfone groups is 1. The lowest BCUT2D eigenvalue weighted by Crippen LogP contribution is -2.24. The highest BCUT2D eigenvalue weighted by atomic mass is 35.5. The van der Waals surface area contributed by atoms with Crippen LogP contribution in [0.3, 0.4) is 0 Å². The van der Waals surface area contributed by atoms with Gasteiger partial charge >= 0.3 is 0 Å². The number of aliphatic hydroxyl groups excluding tert-OH is 1. The molecule has 3 nitrogen and oxygen atoms in total. The van der Waals surface area contributed by atoms with Crippen molar-refractivity contribution in [3.63, 3.8) is 0 Å². The Kier molecular flexibility index (Phi) is 3.93. The topological polar surface area (TPSA) is 54.4 Å². The fraction of sp³-hybridized carbons (Fsp3) is 0.400.